The maximum absolute atomic E-state index is 12.7. The number of amides is 2. The molecule has 2 amide bonds. The predicted octanol–water partition coefficient (Wildman–Crippen LogP) is 3.06. The Kier molecular flexibility index (Phi) is 7.03. The molecule has 1 aliphatic heterocycles. The molecule has 3 rings (SSSR count). The van der Waals surface area contributed by atoms with E-state index in [2.05, 4.69) is 5.32 Å². The molecule has 1 saturated heterocycles. The van der Waals surface area contributed by atoms with Crippen LogP contribution < -0.4 is 5.32 Å². The molecule has 1 aliphatic carbocycles. The molecule has 2 aliphatic rings. The Hall–Kier alpha value is -1.98. The number of aryl methyl sites for hydroxylation is 2. The molecule has 6 heteroatoms. The van der Waals surface area contributed by atoms with E-state index in [-0.39, 0.29) is 11.8 Å². The van der Waals surface area contributed by atoms with E-state index in [0.29, 0.717) is 31.2 Å². The van der Waals surface area contributed by atoms with Crippen molar-refractivity contribution in [1.82, 2.24) is 20.2 Å². The molecule has 1 aromatic rings. The van der Waals surface area contributed by atoms with Gasteiger partial charge in [0.2, 0.25) is 11.8 Å². The number of carbonyl (C=O) groups excluding carboxylic acids is 2. The molecule has 0 aromatic carbocycles. The minimum absolute atomic E-state index is 0.00500. The predicted molar refractivity (Wildman–Crippen MR) is 109 cm³/mol. The van der Waals surface area contributed by atoms with Gasteiger partial charge in [0.05, 0.1) is 6.42 Å². The van der Waals surface area contributed by atoms with Gasteiger partial charge in [-0.15, -0.1) is 0 Å². The summed E-state index contributed by atoms with van der Waals surface area (Å²) in [6.07, 6.45) is 8.23. The molecule has 2 heterocycles. The molecule has 1 aromatic heterocycles. The third kappa shape index (κ3) is 5.09. The number of hydrogen-bond donors (Lipinski definition) is 1. The molecule has 0 unspecified atom stereocenters. The quantitative estimate of drug-likeness (QED) is 0.815. The summed E-state index contributed by atoms with van der Waals surface area (Å²) in [6, 6.07) is 0. The van der Waals surface area contributed by atoms with Crippen molar-refractivity contribution in [2.45, 2.75) is 78.1 Å². The van der Waals surface area contributed by atoms with Crippen LogP contribution in [0.3, 0.4) is 0 Å². The molecule has 2 fully saturated rings. The van der Waals surface area contributed by atoms with E-state index in [1.165, 1.54) is 32.1 Å². The first-order valence-electron chi connectivity index (χ1n) is 10.9. The SMILES string of the molecule is CCNC(=O)Cc1c(C)nc([C@@H]2CCN(C(=O)CC3CCCCC3)C2)nc1C. The molecular formula is C22H34N4O2. The highest BCUT2D eigenvalue weighted by molar-refractivity contribution is 5.79. The third-order valence-corrected chi connectivity index (χ3v) is 6.24. The van der Waals surface area contributed by atoms with Gasteiger partial charge in [0, 0.05) is 48.9 Å². The van der Waals surface area contributed by atoms with Crippen molar-refractivity contribution in [3.8, 4) is 0 Å². The average Bonchev–Trinajstić information content (AvgIpc) is 3.16. The van der Waals surface area contributed by atoms with E-state index in [4.69, 9.17) is 9.97 Å². The number of rotatable bonds is 6. The van der Waals surface area contributed by atoms with Crippen molar-refractivity contribution < 1.29 is 9.59 Å². The van der Waals surface area contributed by atoms with Crippen molar-refractivity contribution in [3.05, 3.63) is 22.8 Å². The summed E-state index contributed by atoms with van der Waals surface area (Å²) in [5, 5.41) is 2.83. The van der Waals surface area contributed by atoms with Crippen molar-refractivity contribution in [3.63, 3.8) is 0 Å². The van der Waals surface area contributed by atoms with Gasteiger partial charge in [0.25, 0.3) is 0 Å². The minimum atomic E-state index is 0.00500. The number of nitrogens with one attached hydrogen (secondary N) is 1. The summed E-state index contributed by atoms with van der Waals surface area (Å²) < 4.78 is 0. The number of nitrogens with zero attached hydrogens (tertiary/aromatic N) is 3. The molecule has 1 N–H and O–H groups in total. The summed E-state index contributed by atoms with van der Waals surface area (Å²) in [4.78, 5) is 36.1. The van der Waals surface area contributed by atoms with Gasteiger partial charge in [-0.1, -0.05) is 19.3 Å². The Balaban J connectivity index is 1.61. The number of hydrogen-bond acceptors (Lipinski definition) is 4. The number of likely N-dealkylation sites (N-methyl/N-ethyl adjacent to an activating group) is 1. The standard InChI is InChI=1S/C22H34N4O2/c1-4-23-20(27)13-19-15(2)24-22(25-16(19)3)18-10-11-26(14-18)21(28)12-17-8-6-5-7-9-17/h17-18H,4-14H2,1-3H3,(H,23,27)/t18-/m1/s1. The second-order valence-corrected chi connectivity index (χ2v) is 8.39. The van der Waals surface area contributed by atoms with E-state index in [1.807, 2.05) is 25.7 Å². The Bertz CT molecular complexity index is 689. The van der Waals surface area contributed by atoms with Gasteiger partial charge < -0.3 is 10.2 Å². The van der Waals surface area contributed by atoms with E-state index >= 15 is 0 Å². The lowest BCUT2D eigenvalue weighted by Crippen LogP contribution is -2.30. The molecule has 0 radical (unpaired) electrons. The fraction of sp³-hybridized carbons (Fsp3) is 0.727. The highest BCUT2D eigenvalue weighted by Gasteiger charge is 2.31. The average molecular weight is 387 g/mol. The Morgan fingerprint density at radius 3 is 2.39 bits per heavy atom. The van der Waals surface area contributed by atoms with E-state index in [0.717, 1.165) is 42.3 Å². The van der Waals surface area contributed by atoms with Crippen LogP contribution >= 0.6 is 0 Å². The van der Waals surface area contributed by atoms with Crippen molar-refractivity contribution in [2.24, 2.45) is 5.92 Å². The van der Waals surface area contributed by atoms with Gasteiger partial charge >= 0.3 is 0 Å². The van der Waals surface area contributed by atoms with Crippen LogP contribution in [0.2, 0.25) is 0 Å². The van der Waals surface area contributed by atoms with Gasteiger partial charge in [-0.05, 0) is 46.0 Å². The lowest BCUT2D eigenvalue weighted by atomic mass is 9.87. The van der Waals surface area contributed by atoms with Crippen LogP contribution in [0.25, 0.3) is 0 Å². The van der Waals surface area contributed by atoms with Crippen LogP contribution in [0.1, 0.15) is 80.6 Å². The topological polar surface area (TPSA) is 75.2 Å². The zero-order chi connectivity index (χ0) is 20.1. The van der Waals surface area contributed by atoms with Crippen LogP contribution in [0.5, 0.6) is 0 Å². The van der Waals surface area contributed by atoms with Crippen molar-refractivity contribution >= 4 is 11.8 Å². The first kappa shape index (κ1) is 20.7. The van der Waals surface area contributed by atoms with E-state index in [1.54, 1.807) is 0 Å². The molecule has 1 atom stereocenters. The zero-order valence-electron chi connectivity index (χ0n) is 17.6. The zero-order valence-corrected chi connectivity index (χ0v) is 17.6. The lowest BCUT2D eigenvalue weighted by molar-refractivity contribution is -0.131. The highest BCUT2D eigenvalue weighted by Crippen LogP contribution is 2.30. The molecular weight excluding hydrogens is 352 g/mol. The first-order chi connectivity index (χ1) is 13.5. The lowest BCUT2D eigenvalue weighted by Gasteiger charge is -2.24. The largest absolute Gasteiger partial charge is 0.356 e. The second-order valence-electron chi connectivity index (χ2n) is 8.39. The maximum Gasteiger partial charge on any atom is 0.224 e. The fourth-order valence-electron chi connectivity index (χ4n) is 4.59. The minimum Gasteiger partial charge on any atom is -0.356 e. The fourth-order valence-corrected chi connectivity index (χ4v) is 4.59. The molecule has 28 heavy (non-hydrogen) atoms. The summed E-state index contributed by atoms with van der Waals surface area (Å²) in [7, 11) is 0. The van der Waals surface area contributed by atoms with Crippen LogP contribution in [0.4, 0.5) is 0 Å². The molecule has 0 spiro atoms. The van der Waals surface area contributed by atoms with Crippen LogP contribution in [0.15, 0.2) is 0 Å². The Morgan fingerprint density at radius 2 is 1.75 bits per heavy atom. The highest BCUT2D eigenvalue weighted by atomic mass is 16.2. The maximum atomic E-state index is 12.7. The summed E-state index contributed by atoms with van der Waals surface area (Å²) in [6.45, 7) is 7.97. The van der Waals surface area contributed by atoms with Crippen molar-refractivity contribution in [2.75, 3.05) is 19.6 Å². The first-order valence-corrected chi connectivity index (χ1v) is 10.9. The second kappa shape index (κ2) is 9.48. The third-order valence-electron chi connectivity index (χ3n) is 6.24. The molecule has 0 bridgehead atoms. The van der Waals surface area contributed by atoms with Gasteiger partial charge in [-0.2, -0.15) is 0 Å². The number of aromatic nitrogens is 2. The van der Waals surface area contributed by atoms with Crippen LogP contribution in [-0.4, -0.2) is 46.3 Å². The molecule has 6 nitrogen and oxygen atoms in total. The summed E-state index contributed by atoms with van der Waals surface area (Å²) >= 11 is 0. The number of carbonyl (C=O) groups is 2. The van der Waals surface area contributed by atoms with E-state index in [9.17, 15) is 9.59 Å². The number of likely N-dealkylation sites (tertiary alicyclic amines) is 1. The van der Waals surface area contributed by atoms with Gasteiger partial charge in [0.1, 0.15) is 5.82 Å². The Labute approximate surface area is 168 Å². The monoisotopic (exact) mass is 386 g/mol. The van der Waals surface area contributed by atoms with Gasteiger partial charge in [0.15, 0.2) is 0 Å². The smallest absolute Gasteiger partial charge is 0.224 e. The normalized spacial score (nSPS) is 20.4. The van der Waals surface area contributed by atoms with E-state index < -0.39 is 0 Å². The Morgan fingerprint density at radius 1 is 1.07 bits per heavy atom. The summed E-state index contributed by atoms with van der Waals surface area (Å²) in [5.74, 6) is 1.91. The molecule has 154 valence electrons. The van der Waals surface area contributed by atoms with Gasteiger partial charge in [-0.25, -0.2) is 9.97 Å². The van der Waals surface area contributed by atoms with Gasteiger partial charge in [-0.3, -0.25) is 9.59 Å². The van der Waals surface area contributed by atoms with Crippen molar-refractivity contribution in [1.29, 1.82) is 0 Å². The molecule has 1 saturated carbocycles. The van der Waals surface area contributed by atoms with Crippen LogP contribution in [0, 0.1) is 19.8 Å². The van der Waals surface area contributed by atoms with Crippen LogP contribution in [-0.2, 0) is 16.0 Å². The summed E-state index contributed by atoms with van der Waals surface area (Å²) in [5.41, 5.74) is 2.67.